The van der Waals surface area contributed by atoms with E-state index < -0.39 is 4.92 Å². The van der Waals surface area contributed by atoms with Gasteiger partial charge in [0.05, 0.1) is 11.5 Å². The van der Waals surface area contributed by atoms with Gasteiger partial charge in [-0.25, -0.2) is 9.97 Å². The molecular weight excluding hydrogens is 348 g/mol. The highest BCUT2D eigenvalue weighted by molar-refractivity contribution is 5.70. The van der Waals surface area contributed by atoms with Gasteiger partial charge in [-0.3, -0.25) is 15.0 Å². The molecule has 2 heterocycles. The van der Waals surface area contributed by atoms with Crippen LogP contribution in [0.4, 0.5) is 17.3 Å². The SMILES string of the molecule is O=[N+]([O-])c1c(NCCc2ccccc2)ncnc1N1CCN(CCO)CC1. The van der Waals surface area contributed by atoms with Crippen LogP contribution in [0.5, 0.6) is 0 Å². The van der Waals surface area contributed by atoms with Crippen LogP contribution in [0.2, 0.25) is 0 Å². The van der Waals surface area contributed by atoms with Crippen molar-refractivity contribution in [1.82, 2.24) is 14.9 Å². The molecule has 0 atom stereocenters. The largest absolute Gasteiger partial charge is 0.395 e. The Hall–Kier alpha value is -2.78. The van der Waals surface area contributed by atoms with Gasteiger partial charge < -0.3 is 15.3 Å². The Balaban J connectivity index is 1.70. The van der Waals surface area contributed by atoms with Crippen LogP contribution < -0.4 is 10.2 Å². The number of rotatable bonds is 8. The van der Waals surface area contributed by atoms with Crippen LogP contribution in [0, 0.1) is 10.1 Å². The summed E-state index contributed by atoms with van der Waals surface area (Å²) in [5.41, 5.74) is 1.07. The average molecular weight is 372 g/mol. The van der Waals surface area contributed by atoms with Crippen LogP contribution >= 0.6 is 0 Å². The fourth-order valence-electron chi connectivity index (χ4n) is 3.19. The summed E-state index contributed by atoms with van der Waals surface area (Å²) >= 11 is 0. The van der Waals surface area contributed by atoms with E-state index in [1.165, 1.54) is 6.33 Å². The molecule has 144 valence electrons. The fourth-order valence-corrected chi connectivity index (χ4v) is 3.19. The van der Waals surface area contributed by atoms with Gasteiger partial charge in [0.15, 0.2) is 0 Å². The van der Waals surface area contributed by atoms with Gasteiger partial charge in [0.1, 0.15) is 6.33 Å². The van der Waals surface area contributed by atoms with E-state index >= 15 is 0 Å². The number of piperazine rings is 1. The van der Waals surface area contributed by atoms with Crippen molar-refractivity contribution in [2.75, 3.05) is 56.1 Å². The second-order valence-electron chi connectivity index (χ2n) is 6.37. The summed E-state index contributed by atoms with van der Waals surface area (Å²) in [5.74, 6) is 0.597. The maximum Gasteiger partial charge on any atom is 0.353 e. The number of hydrogen-bond donors (Lipinski definition) is 2. The van der Waals surface area contributed by atoms with Crippen LogP contribution in [-0.4, -0.2) is 70.8 Å². The monoisotopic (exact) mass is 372 g/mol. The summed E-state index contributed by atoms with van der Waals surface area (Å²) in [6.45, 7) is 4.00. The van der Waals surface area contributed by atoms with E-state index in [9.17, 15) is 10.1 Å². The van der Waals surface area contributed by atoms with Gasteiger partial charge in [-0.1, -0.05) is 30.3 Å². The Morgan fingerprint density at radius 3 is 2.56 bits per heavy atom. The first-order valence-electron chi connectivity index (χ1n) is 9.04. The number of aliphatic hydroxyl groups is 1. The van der Waals surface area contributed by atoms with Crippen LogP contribution in [0.3, 0.4) is 0 Å². The molecule has 2 aromatic rings. The van der Waals surface area contributed by atoms with Crippen molar-refractivity contribution in [3.63, 3.8) is 0 Å². The topological polar surface area (TPSA) is 108 Å². The van der Waals surface area contributed by atoms with Crippen molar-refractivity contribution in [2.24, 2.45) is 0 Å². The quantitative estimate of drug-likeness (QED) is 0.525. The average Bonchev–Trinajstić information content (AvgIpc) is 2.69. The molecule has 2 N–H and O–H groups in total. The second-order valence-corrected chi connectivity index (χ2v) is 6.37. The maximum absolute atomic E-state index is 11.7. The van der Waals surface area contributed by atoms with Crippen molar-refractivity contribution < 1.29 is 10.0 Å². The molecule has 0 spiro atoms. The third-order valence-corrected chi connectivity index (χ3v) is 4.62. The minimum atomic E-state index is -0.416. The summed E-state index contributed by atoms with van der Waals surface area (Å²) in [6, 6.07) is 9.94. The van der Waals surface area contributed by atoms with Gasteiger partial charge in [0.2, 0.25) is 11.6 Å². The maximum atomic E-state index is 11.7. The number of nitro groups is 1. The Labute approximate surface area is 157 Å². The smallest absolute Gasteiger partial charge is 0.353 e. The molecule has 9 nitrogen and oxygen atoms in total. The first kappa shape index (κ1) is 19.0. The van der Waals surface area contributed by atoms with Crippen LogP contribution in [-0.2, 0) is 6.42 Å². The number of aliphatic hydroxyl groups excluding tert-OH is 1. The van der Waals surface area contributed by atoms with E-state index in [1.807, 2.05) is 35.2 Å². The van der Waals surface area contributed by atoms with E-state index in [1.54, 1.807) is 0 Å². The lowest BCUT2D eigenvalue weighted by Gasteiger charge is -2.34. The Morgan fingerprint density at radius 2 is 1.89 bits per heavy atom. The first-order chi connectivity index (χ1) is 13.2. The van der Waals surface area contributed by atoms with E-state index in [-0.39, 0.29) is 18.1 Å². The minimum absolute atomic E-state index is 0.0823. The molecular formula is C18H24N6O3. The molecule has 1 aromatic heterocycles. The van der Waals surface area contributed by atoms with E-state index in [0.717, 1.165) is 25.1 Å². The van der Waals surface area contributed by atoms with Gasteiger partial charge in [-0.15, -0.1) is 0 Å². The number of anilines is 2. The summed E-state index contributed by atoms with van der Waals surface area (Å²) in [7, 11) is 0. The highest BCUT2D eigenvalue weighted by Crippen LogP contribution is 2.32. The zero-order valence-electron chi connectivity index (χ0n) is 15.1. The van der Waals surface area contributed by atoms with E-state index in [4.69, 9.17) is 5.11 Å². The number of nitrogens with zero attached hydrogens (tertiary/aromatic N) is 5. The van der Waals surface area contributed by atoms with Crippen molar-refractivity contribution in [2.45, 2.75) is 6.42 Å². The highest BCUT2D eigenvalue weighted by atomic mass is 16.6. The molecule has 0 radical (unpaired) electrons. The third-order valence-electron chi connectivity index (χ3n) is 4.62. The Kier molecular flexibility index (Phi) is 6.50. The van der Waals surface area contributed by atoms with Gasteiger partial charge >= 0.3 is 5.69 Å². The van der Waals surface area contributed by atoms with Crippen LogP contribution in [0.1, 0.15) is 5.56 Å². The van der Waals surface area contributed by atoms with Gasteiger partial charge in [0, 0.05) is 39.3 Å². The van der Waals surface area contributed by atoms with Crippen molar-refractivity contribution in [1.29, 1.82) is 0 Å². The number of hydrogen-bond acceptors (Lipinski definition) is 8. The predicted molar refractivity (Wildman–Crippen MR) is 103 cm³/mol. The molecule has 1 fully saturated rings. The Morgan fingerprint density at radius 1 is 1.15 bits per heavy atom. The van der Waals surface area contributed by atoms with Crippen LogP contribution in [0.25, 0.3) is 0 Å². The normalized spacial score (nSPS) is 14.9. The first-order valence-corrected chi connectivity index (χ1v) is 9.04. The molecule has 0 unspecified atom stereocenters. The molecule has 0 amide bonds. The molecule has 27 heavy (non-hydrogen) atoms. The minimum Gasteiger partial charge on any atom is -0.395 e. The lowest BCUT2D eigenvalue weighted by molar-refractivity contribution is -0.383. The standard InChI is InChI=1S/C18H24N6O3/c25-13-12-22-8-10-23(11-9-22)18-16(24(26)27)17(20-14-21-18)19-7-6-15-4-2-1-3-5-15/h1-5,14,25H,6-13H2,(H,19,20,21). The van der Waals surface area contributed by atoms with Gasteiger partial charge in [0.25, 0.3) is 0 Å². The second kappa shape index (κ2) is 9.24. The number of benzene rings is 1. The fraction of sp³-hybridized carbons (Fsp3) is 0.444. The van der Waals surface area contributed by atoms with E-state index in [0.29, 0.717) is 32.0 Å². The Bertz CT molecular complexity index is 750. The zero-order valence-corrected chi connectivity index (χ0v) is 15.1. The molecule has 1 saturated heterocycles. The van der Waals surface area contributed by atoms with E-state index in [2.05, 4.69) is 20.2 Å². The number of β-amino-alcohol motifs (C(OH)–C–C–N with tert-alkyl or cyclic N) is 1. The molecule has 1 aromatic carbocycles. The molecule has 0 bridgehead atoms. The summed E-state index contributed by atoms with van der Waals surface area (Å²) in [6.07, 6.45) is 2.12. The molecule has 9 heteroatoms. The van der Waals surface area contributed by atoms with Crippen molar-refractivity contribution in [3.8, 4) is 0 Å². The molecule has 0 saturated carbocycles. The zero-order chi connectivity index (χ0) is 19.1. The molecule has 1 aliphatic rings. The lowest BCUT2D eigenvalue weighted by Crippen LogP contribution is -2.47. The summed E-state index contributed by atoms with van der Waals surface area (Å²) < 4.78 is 0. The van der Waals surface area contributed by atoms with Crippen molar-refractivity contribution >= 4 is 17.3 Å². The lowest BCUT2D eigenvalue weighted by atomic mass is 10.1. The predicted octanol–water partition coefficient (Wildman–Crippen LogP) is 1.15. The molecule has 1 aliphatic heterocycles. The van der Waals surface area contributed by atoms with Gasteiger partial charge in [-0.2, -0.15) is 0 Å². The summed E-state index contributed by atoms with van der Waals surface area (Å²) in [5, 5.41) is 23.8. The molecule has 3 rings (SSSR count). The van der Waals surface area contributed by atoms with Crippen molar-refractivity contribution in [3.05, 3.63) is 52.3 Å². The van der Waals surface area contributed by atoms with Crippen LogP contribution in [0.15, 0.2) is 36.7 Å². The highest BCUT2D eigenvalue weighted by Gasteiger charge is 2.29. The molecule has 0 aliphatic carbocycles. The van der Waals surface area contributed by atoms with Gasteiger partial charge in [-0.05, 0) is 12.0 Å². The number of aromatic nitrogens is 2. The summed E-state index contributed by atoms with van der Waals surface area (Å²) in [4.78, 5) is 23.6. The third kappa shape index (κ3) is 4.89. The number of nitrogens with one attached hydrogen (secondary N) is 1.